The first-order valence-corrected chi connectivity index (χ1v) is 5.91. The Balaban J connectivity index is 2.25. The molecular formula is C9H16N4S. The van der Waals surface area contributed by atoms with Crippen LogP contribution < -0.4 is 5.73 Å². The number of hydrogen-bond donors (Lipinski definition) is 1. The summed E-state index contributed by atoms with van der Waals surface area (Å²) in [6.45, 7) is 4.82. The number of rotatable bonds is 4. The fourth-order valence-corrected chi connectivity index (χ4v) is 2.31. The third-order valence-corrected chi connectivity index (χ3v) is 3.13. The quantitative estimate of drug-likeness (QED) is 0.770. The molecule has 1 heterocycles. The minimum Gasteiger partial charge on any atom is -0.324 e. The van der Waals surface area contributed by atoms with Crippen LogP contribution in [0.5, 0.6) is 0 Å². The van der Waals surface area contributed by atoms with E-state index in [2.05, 4.69) is 28.6 Å². The highest BCUT2D eigenvalue weighted by molar-refractivity contribution is 7.99. The second kappa shape index (κ2) is 3.90. The number of hydrogen-bond acceptors (Lipinski definition) is 4. The maximum absolute atomic E-state index is 5.63. The maximum Gasteiger partial charge on any atom is 0.191 e. The van der Waals surface area contributed by atoms with Crippen LogP contribution in [-0.4, -0.2) is 20.0 Å². The Hall–Kier alpha value is -0.550. The zero-order valence-corrected chi connectivity index (χ0v) is 9.42. The monoisotopic (exact) mass is 212 g/mol. The fraction of sp³-hybridized carbons (Fsp3) is 0.778. The van der Waals surface area contributed by atoms with E-state index in [1.54, 1.807) is 11.8 Å². The first kappa shape index (κ1) is 9.98. The normalized spacial score (nSPS) is 16.6. The lowest BCUT2D eigenvalue weighted by Gasteiger charge is -2.08. The molecule has 78 valence electrons. The Morgan fingerprint density at radius 2 is 2.21 bits per heavy atom. The minimum absolute atomic E-state index is 0.488. The van der Waals surface area contributed by atoms with Gasteiger partial charge < -0.3 is 10.3 Å². The molecule has 4 nitrogen and oxygen atoms in total. The largest absolute Gasteiger partial charge is 0.324 e. The van der Waals surface area contributed by atoms with Gasteiger partial charge in [0.15, 0.2) is 5.16 Å². The molecule has 0 unspecified atom stereocenters. The molecule has 0 amide bonds. The van der Waals surface area contributed by atoms with Gasteiger partial charge in [0.05, 0.1) is 6.54 Å². The molecule has 1 fully saturated rings. The van der Waals surface area contributed by atoms with Gasteiger partial charge in [0.2, 0.25) is 0 Å². The van der Waals surface area contributed by atoms with Crippen molar-refractivity contribution in [2.45, 2.75) is 49.7 Å². The van der Waals surface area contributed by atoms with Crippen molar-refractivity contribution in [1.82, 2.24) is 14.8 Å². The predicted octanol–water partition coefficient (Wildman–Crippen LogP) is 1.57. The summed E-state index contributed by atoms with van der Waals surface area (Å²) in [5, 5.41) is 9.87. The average Bonchev–Trinajstić information content (AvgIpc) is 2.88. The van der Waals surface area contributed by atoms with Crippen molar-refractivity contribution in [3.8, 4) is 0 Å². The highest BCUT2D eigenvalue weighted by atomic mass is 32.2. The average molecular weight is 212 g/mol. The molecule has 1 aromatic heterocycles. The number of thioether (sulfide) groups is 1. The van der Waals surface area contributed by atoms with Gasteiger partial charge in [0.1, 0.15) is 5.82 Å². The zero-order chi connectivity index (χ0) is 10.1. The Labute approximate surface area is 88.3 Å². The first-order chi connectivity index (χ1) is 6.72. The van der Waals surface area contributed by atoms with E-state index in [1.165, 1.54) is 12.8 Å². The van der Waals surface area contributed by atoms with Gasteiger partial charge in [-0.15, -0.1) is 10.2 Å². The van der Waals surface area contributed by atoms with Crippen molar-refractivity contribution in [2.75, 3.05) is 0 Å². The molecule has 1 aliphatic carbocycles. The molecule has 5 heteroatoms. The smallest absolute Gasteiger partial charge is 0.191 e. The van der Waals surface area contributed by atoms with E-state index in [0.717, 1.165) is 11.0 Å². The molecule has 2 N–H and O–H groups in total. The summed E-state index contributed by atoms with van der Waals surface area (Å²) in [6.07, 6.45) is 2.49. The maximum atomic E-state index is 5.63. The van der Waals surface area contributed by atoms with Crippen LogP contribution in [0.25, 0.3) is 0 Å². The van der Waals surface area contributed by atoms with E-state index >= 15 is 0 Å². The number of nitrogens with two attached hydrogens (primary N) is 1. The molecule has 0 aliphatic heterocycles. The third kappa shape index (κ3) is 1.93. The van der Waals surface area contributed by atoms with Crippen molar-refractivity contribution >= 4 is 11.8 Å². The van der Waals surface area contributed by atoms with Crippen LogP contribution in [0.2, 0.25) is 0 Å². The van der Waals surface area contributed by atoms with E-state index in [9.17, 15) is 0 Å². The summed E-state index contributed by atoms with van der Waals surface area (Å²) >= 11 is 1.76. The minimum atomic E-state index is 0.488. The van der Waals surface area contributed by atoms with Crippen molar-refractivity contribution in [1.29, 1.82) is 0 Å². The molecule has 2 rings (SSSR count). The van der Waals surface area contributed by atoms with Crippen molar-refractivity contribution in [3.05, 3.63) is 5.82 Å². The summed E-state index contributed by atoms with van der Waals surface area (Å²) in [4.78, 5) is 0. The molecule has 0 bridgehead atoms. The molecule has 0 radical (unpaired) electrons. The Morgan fingerprint density at radius 3 is 2.71 bits per heavy atom. The first-order valence-electron chi connectivity index (χ1n) is 5.03. The lowest BCUT2D eigenvalue weighted by atomic mass is 10.5. The van der Waals surface area contributed by atoms with Crippen LogP contribution in [0.1, 0.15) is 38.6 Å². The van der Waals surface area contributed by atoms with E-state index in [4.69, 9.17) is 5.73 Å². The standard InChI is InChI=1S/C9H16N4S/c1-6(2)14-9-12-11-8(5-10)13(9)7-3-4-7/h6-7H,3-5,10H2,1-2H3. The van der Waals surface area contributed by atoms with E-state index in [1.807, 2.05) is 0 Å². The van der Waals surface area contributed by atoms with Gasteiger partial charge in [0, 0.05) is 11.3 Å². The molecule has 0 atom stereocenters. The summed E-state index contributed by atoms with van der Waals surface area (Å²) in [5.41, 5.74) is 5.63. The number of aromatic nitrogens is 3. The molecule has 1 aliphatic rings. The lowest BCUT2D eigenvalue weighted by Crippen LogP contribution is -2.08. The Bertz CT molecular complexity index is 317. The molecule has 1 saturated carbocycles. The molecular weight excluding hydrogens is 196 g/mol. The topological polar surface area (TPSA) is 56.7 Å². The summed E-state index contributed by atoms with van der Waals surface area (Å²) in [5.74, 6) is 0.927. The second-order valence-corrected chi connectivity index (χ2v) is 5.41. The van der Waals surface area contributed by atoms with Crippen molar-refractivity contribution < 1.29 is 0 Å². The van der Waals surface area contributed by atoms with Crippen LogP contribution in [-0.2, 0) is 6.54 Å². The van der Waals surface area contributed by atoms with Gasteiger partial charge in [-0.05, 0) is 12.8 Å². The van der Waals surface area contributed by atoms with Gasteiger partial charge in [-0.3, -0.25) is 0 Å². The van der Waals surface area contributed by atoms with Gasteiger partial charge in [-0.1, -0.05) is 25.6 Å². The molecule has 14 heavy (non-hydrogen) atoms. The van der Waals surface area contributed by atoms with Crippen LogP contribution >= 0.6 is 11.8 Å². The van der Waals surface area contributed by atoms with Crippen LogP contribution in [0.3, 0.4) is 0 Å². The van der Waals surface area contributed by atoms with Gasteiger partial charge in [0.25, 0.3) is 0 Å². The van der Waals surface area contributed by atoms with E-state index in [-0.39, 0.29) is 0 Å². The molecule has 0 aromatic carbocycles. The molecule has 1 aromatic rings. The zero-order valence-electron chi connectivity index (χ0n) is 8.60. The molecule has 0 spiro atoms. The second-order valence-electron chi connectivity index (χ2n) is 3.87. The van der Waals surface area contributed by atoms with Gasteiger partial charge in [-0.25, -0.2) is 0 Å². The summed E-state index contributed by atoms with van der Waals surface area (Å²) in [7, 11) is 0. The molecule has 0 saturated heterocycles. The van der Waals surface area contributed by atoms with Crippen molar-refractivity contribution in [3.63, 3.8) is 0 Å². The van der Waals surface area contributed by atoms with Gasteiger partial charge >= 0.3 is 0 Å². The van der Waals surface area contributed by atoms with Crippen LogP contribution in [0.4, 0.5) is 0 Å². The van der Waals surface area contributed by atoms with E-state index < -0.39 is 0 Å². The summed E-state index contributed by atoms with van der Waals surface area (Å²) in [6, 6.07) is 0.616. The van der Waals surface area contributed by atoms with Crippen LogP contribution in [0, 0.1) is 0 Å². The highest BCUT2D eigenvalue weighted by Crippen LogP contribution is 2.39. The van der Waals surface area contributed by atoms with Crippen molar-refractivity contribution in [2.24, 2.45) is 5.73 Å². The Kier molecular flexibility index (Phi) is 2.78. The summed E-state index contributed by atoms with van der Waals surface area (Å²) < 4.78 is 2.21. The number of nitrogens with zero attached hydrogens (tertiary/aromatic N) is 3. The SMILES string of the molecule is CC(C)Sc1nnc(CN)n1C1CC1. The lowest BCUT2D eigenvalue weighted by molar-refractivity contribution is 0.625. The predicted molar refractivity (Wildman–Crippen MR) is 57.2 cm³/mol. The highest BCUT2D eigenvalue weighted by Gasteiger charge is 2.29. The third-order valence-electron chi connectivity index (χ3n) is 2.17. The van der Waals surface area contributed by atoms with Gasteiger partial charge in [-0.2, -0.15) is 0 Å². The fourth-order valence-electron chi connectivity index (χ4n) is 1.44. The Morgan fingerprint density at radius 1 is 1.50 bits per heavy atom. The van der Waals surface area contributed by atoms with E-state index in [0.29, 0.717) is 17.8 Å². The van der Waals surface area contributed by atoms with Crippen LogP contribution in [0.15, 0.2) is 5.16 Å².